The van der Waals surface area contributed by atoms with E-state index in [-0.39, 0.29) is 29.7 Å². The summed E-state index contributed by atoms with van der Waals surface area (Å²) in [6.45, 7) is 4.02. The number of carbonyl (C=O) groups is 2. The summed E-state index contributed by atoms with van der Waals surface area (Å²) in [5.41, 5.74) is 2.94. The molecule has 0 fully saturated rings. The van der Waals surface area contributed by atoms with Crippen LogP contribution >= 0.6 is 0 Å². The SMILES string of the molecule is CCCC(=O)N1c2ccccc2[C@@H](N(C(=O)c2ccccc2)c2ccc(F)cc2)C[C@@H]1C. The molecule has 0 bridgehead atoms. The molecule has 1 heterocycles. The summed E-state index contributed by atoms with van der Waals surface area (Å²) < 4.78 is 13.7. The number of hydrogen-bond acceptors (Lipinski definition) is 2. The number of nitrogens with zero attached hydrogens (tertiary/aromatic N) is 2. The quantitative estimate of drug-likeness (QED) is 0.488. The van der Waals surface area contributed by atoms with Crippen molar-refractivity contribution in [2.24, 2.45) is 0 Å². The maximum atomic E-state index is 13.7. The van der Waals surface area contributed by atoms with Gasteiger partial charge >= 0.3 is 0 Å². The minimum Gasteiger partial charge on any atom is -0.309 e. The molecule has 0 spiro atoms. The van der Waals surface area contributed by atoms with Gasteiger partial charge in [0.25, 0.3) is 5.91 Å². The van der Waals surface area contributed by atoms with E-state index < -0.39 is 0 Å². The lowest BCUT2D eigenvalue weighted by atomic mass is 9.89. The Hall–Kier alpha value is -3.47. The molecule has 4 rings (SSSR count). The monoisotopic (exact) mass is 430 g/mol. The first-order valence-electron chi connectivity index (χ1n) is 11.1. The zero-order valence-corrected chi connectivity index (χ0v) is 18.4. The van der Waals surface area contributed by atoms with Crippen LogP contribution in [-0.2, 0) is 4.79 Å². The second kappa shape index (κ2) is 9.35. The summed E-state index contributed by atoms with van der Waals surface area (Å²) >= 11 is 0. The van der Waals surface area contributed by atoms with Crippen LogP contribution in [0.4, 0.5) is 15.8 Å². The van der Waals surface area contributed by atoms with Crippen LogP contribution in [0.25, 0.3) is 0 Å². The molecule has 0 aromatic heterocycles. The number of anilines is 2. The second-order valence-corrected chi connectivity index (χ2v) is 8.19. The van der Waals surface area contributed by atoms with Gasteiger partial charge in [0.2, 0.25) is 5.91 Å². The molecule has 3 aromatic carbocycles. The van der Waals surface area contributed by atoms with Crippen LogP contribution in [0.1, 0.15) is 55.1 Å². The molecule has 0 saturated heterocycles. The molecule has 164 valence electrons. The van der Waals surface area contributed by atoms with Gasteiger partial charge in [-0.15, -0.1) is 0 Å². The first-order valence-corrected chi connectivity index (χ1v) is 11.1. The molecule has 5 heteroatoms. The lowest BCUT2D eigenvalue weighted by Crippen LogP contribution is -2.47. The van der Waals surface area contributed by atoms with Gasteiger partial charge in [-0.3, -0.25) is 9.59 Å². The highest BCUT2D eigenvalue weighted by molar-refractivity contribution is 6.07. The van der Waals surface area contributed by atoms with Crippen molar-refractivity contribution in [1.29, 1.82) is 0 Å². The molecular weight excluding hydrogens is 403 g/mol. The van der Waals surface area contributed by atoms with E-state index in [0.717, 1.165) is 17.7 Å². The summed E-state index contributed by atoms with van der Waals surface area (Å²) in [5, 5.41) is 0. The molecule has 3 aromatic rings. The van der Waals surface area contributed by atoms with E-state index in [4.69, 9.17) is 0 Å². The summed E-state index contributed by atoms with van der Waals surface area (Å²) in [6.07, 6.45) is 1.85. The molecule has 0 radical (unpaired) electrons. The lowest BCUT2D eigenvalue weighted by molar-refractivity contribution is -0.119. The van der Waals surface area contributed by atoms with Crippen molar-refractivity contribution in [3.05, 3.63) is 95.8 Å². The molecule has 0 unspecified atom stereocenters. The van der Waals surface area contributed by atoms with Gasteiger partial charge in [-0.1, -0.05) is 43.3 Å². The van der Waals surface area contributed by atoms with Crippen molar-refractivity contribution in [2.75, 3.05) is 9.80 Å². The highest BCUT2D eigenvalue weighted by atomic mass is 19.1. The molecule has 2 amide bonds. The topological polar surface area (TPSA) is 40.6 Å². The van der Waals surface area contributed by atoms with Crippen LogP contribution in [0.5, 0.6) is 0 Å². The standard InChI is InChI=1S/C27H27FN2O2/c1-3-9-26(31)29-19(2)18-25(23-12-7-8-13-24(23)29)30(22-16-14-21(28)15-17-22)27(32)20-10-5-4-6-11-20/h4-8,10-17,19,25H,3,9,18H2,1-2H3/t19-,25-/m0/s1. The van der Waals surface area contributed by atoms with Gasteiger partial charge < -0.3 is 9.80 Å². The van der Waals surface area contributed by atoms with Crippen LogP contribution in [0.2, 0.25) is 0 Å². The van der Waals surface area contributed by atoms with Crippen molar-refractivity contribution in [1.82, 2.24) is 0 Å². The van der Waals surface area contributed by atoms with Gasteiger partial charge in [-0.05, 0) is 67.8 Å². The third-order valence-electron chi connectivity index (χ3n) is 5.95. The molecule has 2 atom stereocenters. The third-order valence-corrected chi connectivity index (χ3v) is 5.95. The Labute approximate surface area is 188 Å². The second-order valence-electron chi connectivity index (χ2n) is 8.19. The molecule has 0 aliphatic carbocycles. The van der Waals surface area contributed by atoms with Gasteiger partial charge in [0.15, 0.2) is 0 Å². The minimum atomic E-state index is -0.352. The van der Waals surface area contributed by atoms with Crippen molar-refractivity contribution >= 4 is 23.2 Å². The number of amides is 2. The van der Waals surface area contributed by atoms with E-state index in [2.05, 4.69) is 0 Å². The lowest BCUT2D eigenvalue weighted by Gasteiger charge is -2.43. The summed E-state index contributed by atoms with van der Waals surface area (Å²) in [4.78, 5) is 30.2. The van der Waals surface area contributed by atoms with E-state index in [0.29, 0.717) is 24.1 Å². The van der Waals surface area contributed by atoms with Gasteiger partial charge in [0.05, 0.1) is 6.04 Å². The summed E-state index contributed by atoms with van der Waals surface area (Å²) in [5.74, 6) is -0.416. The van der Waals surface area contributed by atoms with Crippen molar-refractivity contribution in [2.45, 2.75) is 45.2 Å². The average Bonchev–Trinajstić information content (AvgIpc) is 2.81. The highest BCUT2D eigenvalue weighted by Gasteiger charge is 2.38. The number of rotatable bonds is 5. The fraction of sp³-hybridized carbons (Fsp3) is 0.259. The van der Waals surface area contributed by atoms with Crippen LogP contribution in [0, 0.1) is 5.82 Å². The zero-order chi connectivity index (χ0) is 22.7. The fourth-order valence-electron chi connectivity index (χ4n) is 4.50. The molecule has 1 aliphatic heterocycles. The molecule has 4 nitrogen and oxygen atoms in total. The van der Waals surface area contributed by atoms with E-state index in [1.54, 1.807) is 29.2 Å². The summed E-state index contributed by atoms with van der Waals surface area (Å²) in [6, 6.07) is 22.5. The van der Waals surface area contributed by atoms with E-state index in [1.165, 1.54) is 12.1 Å². The van der Waals surface area contributed by atoms with Gasteiger partial charge in [-0.25, -0.2) is 4.39 Å². The predicted molar refractivity (Wildman–Crippen MR) is 125 cm³/mol. The van der Waals surface area contributed by atoms with Gasteiger partial charge in [0, 0.05) is 29.4 Å². The van der Waals surface area contributed by atoms with Crippen molar-refractivity contribution in [3.63, 3.8) is 0 Å². The van der Waals surface area contributed by atoms with Gasteiger partial charge in [0.1, 0.15) is 5.82 Å². The Bertz CT molecular complexity index is 1100. The Morgan fingerprint density at radius 3 is 2.31 bits per heavy atom. The zero-order valence-electron chi connectivity index (χ0n) is 18.4. The average molecular weight is 431 g/mol. The minimum absolute atomic E-state index is 0.0829. The summed E-state index contributed by atoms with van der Waals surface area (Å²) in [7, 11) is 0. The predicted octanol–water partition coefficient (Wildman–Crippen LogP) is 6.14. The molecular formula is C27H27FN2O2. The Kier molecular flexibility index (Phi) is 6.35. The Morgan fingerprint density at radius 2 is 1.62 bits per heavy atom. The van der Waals surface area contributed by atoms with E-state index >= 15 is 0 Å². The first-order chi connectivity index (χ1) is 15.5. The largest absolute Gasteiger partial charge is 0.309 e. The molecule has 32 heavy (non-hydrogen) atoms. The van der Waals surface area contributed by atoms with Crippen LogP contribution in [-0.4, -0.2) is 17.9 Å². The van der Waals surface area contributed by atoms with Crippen LogP contribution < -0.4 is 9.80 Å². The molecule has 0 N–H and O–H groups in total. The third kappa shape index (κ3) is 4.15. The van der Waals surface area contributed by atoms with Crippen molar-refractivity contribution in [3.8, 4) is 0 Å². The van der Waals surface area contributed by atoms with Gasteiger partial charge in [-0.2, -0.15) is 0 Å². The molecule has 0 saturated carbocycles. The normalized spacial score (nSPS) is 17.5. The highest BCUT2D eigenvalue weighted by Crippen LogP contribution is 2.43. The number of benzene rings is 3. The van der Waals surface area contributed by atoms with E-state index in [9.17, 15) is 14.0 Å². The Morgan fingerprint density at radius 1 is 0.969 bits per heavy atom. The smallest absolute Gasteiger partial charge is 0.258 e. The number of halogens is 1. The van der Waals surface area contributed by atoms with Crippen LogP contribution in [0.15, 0.2) is 78.9 Å². The maximum Gasteiger partial charge on any atom is 0.258 e. The number of hydrogen-bond donors (Lipinski definition) is 0. The maximum absolute atomic E-state index is 13.7. The van der Waals surface area contributed by atoms with E-state index in [1.807, 2.05) is 61.2 Å². The number of para-hydroxylation sites is 1. The Balaban J connectivity index is 1.83. The fourth-order valence-corrected chi connectivity index (χ4v) is 4.50. The van der Waals surface area contributed by atoms with Crippen molar-refractivity contribution < 1.29 is 14.0 Å². The number of fused-ring (bicyclic) bond motifs is 1. The van der Waals surface area contributed by atoms with Crippen LogP contribution in [0.3, 0.4) is 0 Å². The number of carbonyl (C=O) groups excluding carboxylic acids is 2. The molecule has 1 aliphatic rings. The first kappa shape index (κ1) is 21.8.